The van der Waals surface area contributed by atoms with Gasteiger partial charge in [-0.05, 0) is 13.8 Å². The van der Waals surface area contributed by atoms with E-state index in [9.17, 15) is 4.79 Å². The van der Waals surface area contributed by atoms with Crippen LogP contribution in [0.3, 0.4) is 0 Å². The van der Waals surface area contributed by atoms with Gasteiger partial charge in [-0.3, -0.25) is 9.48 Å². The van der Waals surface area contributed by atoms with Crippen molar-refractivity contribution < 1.29 is 9.53 Å². The van der Waals surface area contributed by atoms with E-state index in [0.29, 0.717) is 24.7 Å². The van der Waals surface area contributed by atoms with E-state index in [1.165, 1.54) is 6.20 Å². The normalized spacial score (nSPS) is 12.5. The molecule has 1 atom stereocenters. The minimum absolute atomic E-state index is 0.0179. The highest BCUT2D eigenvalue weighted by atomic mass is 35.5. The fourth-order valence-electron chi connectivity index (χ4n) is 1.53. The van der Waals surface area contributed by atoms with Crippen LogP contribution in [-0.4, -0.2) is 47.4 Å². The minimum atomic E-state index is -0.348. The molecule has 0 aliphatic carbocycles. The van der Waals surface area contributed by atoms with Crippen LogP contribution in [0.5, 0.6) is 0 Å². The molecule has 0 radical (unpaired) electrons. The highest BCUT2D eigenvalue weighted by Gasteiger charge is 2.21. The Bertz CT molecular complexity index is 367. The molecule has 0 bridgehead atoms. The molecule has 0 aliphatic heterocycles. The zero-order valence-electron chi connectivity index (χ0n) is 10.4. The summed E-state index contributed by atoms with van der Waals surface area (Å²) in [6.45, 7) is 5.52. The van der Waals surface area contributed by atoms with Gasteiger partial charge in [-0.15, -0.1) is 0 Å². The predicted octanol–water partition coefficient (Wildman–Crippen LogP) is 1.59. The Kier molecular flexibility index (Phi) is 5.44. The third kappa shape index (κ3) is 3.71. The molecule has 5 nitrogen and oxygen atoms in total. The Hall–Kier alpha value is -1.07. The molecule has 1 rings (SSSR count). The number of hydrogen-bond acceptors (Lipinski definition) is 3. The molecule has 0 saturated heterocycles. The van der Waals surface area contributed by atoms with Gasteiger partial charge in [0.1, 0.15) is 6.04 Å². The van der Waals surface area contributed by atoms with Crippen LogP contribution < -0.4 is 0 Å². The van der Waals surface area contributed by atoms with Crippen LogP contribution in [0, 0.1) is 0 Å². The molecule has 0 aliphatic rings. The first-order chi connectivity index (χ1) is 8.10. The Morgan fingerprint density at radius 3 is 2.88 bits per heavy atom. The number of rotatable bonds is 6. The van der Waals surface area contributed by atoms with Gasteiger partial charge in [0.25, 0.3) is 0 Å². The van der Waals surface area contributed by atoms with Crippen molar-refractivity contribution >= 4 is 17.5 Å². The first kappa shape index (κ1) is 14.0. The SMILES string of the molecule is CCN(CCOC)C(=O)C(C)n1cc(Cl)cn1. The highest BCUT2D eigenvalue weighted by molar-refractivity contribution is 6.30. The fourth-order valence-corrected chi connectivity index (χ4v) is 1.67. The second-order valence-corrected chi connectivity index (χ2v) is 4.16. The van der Waals surface area contributed by atoms with Gasteiger partial charge in [0.05, 0.1) is 17.8 Å². The third-order valence-electron chi connectivity index (χ3n) is 2.58. The lowest BCUT2D eigenvalue weighted by molar-refractivity contribution is -0.135. The van der Waals surface area contributed by atoms with Crippen LogP contribution in [0.25, 0.3) is 0 Å². The van der Waals surface area contributed by atoms with Crippen LogP contribution in [0.1, 0.15) is 19.9 Å². The maximum Gasteiger partial charge on any atom is 0.247 e. The van der Waals surface area contributed by atoms with E-state index in [1.807, 2.05) is 6.92 Å². The van der Waals surface area contributed by atoms with E-state index < -0.39 is 0 Å². The van der Waals surface area contributed by atoms with Crippen molar-refractivity contribution in [3.63, 3.8) is 0 Å². The van der Waals surface area contributed by atoms with Gasteiger partial charge in [0, 0.05) is 26.4 Å². The molecule has 1 amide bonds. The standard InChI is InChI=1S/C11H18ClN3O2/c1-4-14(5-6-17-3)11(16)9(2)15-8-10(12)7-13-15/h7-9H,4-6H2,1-3H3. The number of nitrogens with zero attached hydrogens (tertiary/aromatic N) is 3. The lowest BCUT2D eigenvalue weighted by Crippen LogP contribution is -2.38. The number of amides is 1. The Balaban J connectivity index is 2.66. The molecule has 0 aromatic carbocycles. The number of carbonyl (C=O) groups is 1. The van der Waals surface area contributed by atoms with Crippen molar-refractivity contribution in [2.45, 2.75) is 19.9 Å². The summed E-state index contributed by atoms with van der Waals surface area (Å²) in [5.41, 5.74) is 0. The Morgan fingerprint density at radius 1 is 1.71 bits per heavy atom. The van der Waals surface area contributed by atoms with Crippen molar-refractivity contribution in [2.75, 3.05) is 26.8 Å². The highest BCUT2D eigenvalue weighted by Crippen LogP contribution is 2.13. The number of halogens is 1. The first-order valence-corrected chi connectivity index (χ1v) is 5.95. The third-order valence-corrected chi connectivity index (χ3v) is 2.78. The van der Waals surface area contributed by atoms with Crippen molar-refractivity contribution in [2.24, 2.45) is 0 Å². The summed E-state index contributed by atoms with van der Waals surface area (Å²) < 4.78 is 6.55. The van der Waals surface area contributed by atoms with Crippen molar-refractivity contribution in [1.82, 2.24) is 14.7 Å². The van der Waals surface area contributed by atoms with Crippen LogP contribution in [0.15, 0.2) is 12.4 Å². The molecule has 0 N–H and O–H groups in total. The van der Waals surface area contributed by atoms with Crippen LogP contribution in [-0.2, 0) is 9.53 Å². The van der Waals surface area contributed by atoms with Gasteiger partial charge in [-0.25, -0.2) is 0 Å². The number of methoxy groups -OCH3 is 1. The summed E-state index contributed by atoms with van der Waals surface area (Å²) >= 11 is 5.78. The second-order valence-electron chi connectivity index (χ2n) is 3.73. The van der Waals surface area contributed by atoms with E-state index in [1.54, 1.807) is 29.8 Å². The molecule has 0 spiro atoms. The summed E-state index contributed by atoms with van der Waals surface area (Å²) in [6.07, 6.45) is 3.17. The zero-order chi connectivity index (χ0) is 12.8. The van der Waals surface area contributed by atoms with E-state index in [0.717, 1.165) is 0 Å². The average molecular weight is 260 g/mol. The zero-order valence-corrected chi connectivity index (χ0v) is 11.1. The van der Waals surface area contributed by atoms with Crippen molar-refractivity contribution in [1.29, 1.82) is 0 Å². The summed E-state index contributed by atoms with van der Waals surface area (Å²) in [7, 11) is 1.62. The van der Waals surface area contributed by atoms with E-state index >= 15 is 0 Å². The monoisotopic (exact) mass is 259 g/mol. The van der Waals surface area contributed by atoms with Crippen LogP contribution >= 0.6 is 11.6 Å². The Labute approximate surface area is 106 Å². The van der Waals surface area contributed by atoms with E-state index in [4.69, 9.17) is 16.3 Å². The fraction of sp³-hybridized carbons (Fsp3) is 0.636. The lowest BCUT2D eigenvalue weighted by Gasteiger charge is -2.24. The number of carbonyl (C=O) groups excluding carboxylic acids is 1. The summed E-state index contributed by atoms with van der Waals surface area (Å²) in [5.74, 6) is 0.0179. The topological polar surface area (TPSA) is 47.4 Å². The first-order valence-electron chi connectivity index (χ1n) is 5.57. The van der Waals surface area contributed by atoms with E-state index in [2.05, 4.69) is 5.10 Å². The summed E-state index contributed by atoms with van der Waals surface area (Å²) in [4.78, 5) is 13.9. The maximum atomic E-state index is 12.2. The minimum Gasteiger partial charge on any atom is -0.383 e. The van der Waals surface area contributed by atoms with Gasteiger partial charge in [0.2, 0.25) is 5.91 Å². The second kappa shape index (κ2) is 6.61. The molecule has 1 aromatic heterocycles. The quantitative estimate of drug-likeness (QED) is 0.780. The van der Waals surface area contributed by atoms with Gasteiger partial charge >= 0.3 is 0 Å². The molecule has 17 heavy (non-hydrogen) atoms. The molecule has 1 unspecified atom stereocenters. The predicted molar refractivity (Wildman–Crippen MR) is 66.1 cm³/mol. The number of aromatic nitrogens is 2. The average Bonchev–Trinajstić information content (AvgIpc) is 2.75. The van der Waals surface area contributed by atoms with E-state index in [-0.39, 0.29) is 11.9 Å². The number of likely N-dealkylation sites (N-methyl/N-ethyl adjacent to an activating group) is 1. The van der Waals surface area contributed by atoms with Gasteiger partial charge in [-0.2, -0.15) is 5.10 Å². The molecule has 1 aromatic rings. The van der Waals surface area contributed by atoms with Crippen LogP contribution in [0.4, 0.5) is 0 Å². The van der Waals surface area contributed by atoms with Crippen molar-refractivity contribution in [3.8, 4) is 0 Å². The number of hydrogen-bond donors (Lipinski definition) is 0. The van der Waals surface area contributed by atoms with Gasteiger partial charge in [-0.1, -0.05) is 11.6 Å². The smallest absolute Gasteiger partial charge is 0.247 e. The number of ether oxygens (including phenoxy) is 1. The Morgan fingerprint density at radius 2 is 2.41 bits per heavy atom. The lowest BCUT2D eigenvalue weighted by atomic mass is 10.3. The molecule has 1 heterocycles. The molecule has 96 valence electrons. The molecule has 0 fully saturated rings. The van der Waals surface area contributed by atoms with Crippen molar-refractivity contribution in [3.05, 3.63) is 17.4 Å². The largest absolute Gasteiger partial charge is 0.383 e. The summed E-state index contributed by atoms with van der Waals surface area (Å²) in [5, 5.41) is 4.57. The molecular weight excluding hydrogens is 242 g/mol. The maximum absolute atomic E-state index is 12.2. The molecular formula is C11H18ClN3O2. The molecule has 6 heteroatoms. The molecule has 0 saturated carbocycles. The van der Waals surface area contributed by atoms with Crippen LogP contribution in [0.2, 0.25) is 5.02 Å². The van der Waals surface area contributed by atoms with Gasteiger partial charge in [0.15, 0.2) is 0 Å². The van der Waals surface area contributed by atoms with Gasteiger partial charge < -0.3 is 9.64 Å². The summed E-state index contributed by atoms with van der Waals surface area (Å²) in [6, 6.07) is -0.348.